The molecule has 101 heavy (non-hydrogen) atoms. The van der Waals surface area contributed by atoms with E-state index in [1.807, 2.05) is 0 Å². The third kappa shape index (κ3) is 73.4. The molecule has 4 unspecified atom stereocenters. The highest BCUT2D eigenvalue weighted by Crippen LogP contribution is 2.45. The standard InChI is InChI=1S/C82H160O17P2/c1-9-74(7)60-52-44-36-28-19-15-11-13-17-21-30-38-46-54-62-79(84)92-68-77(98-81(86)64-56-48-40-31-22-18-14-12-16-20-29-37-45-53-61-75(8)10-2)70-96-100(88,89)94-66-76(83)67-95-101(90,91)97-71-78(69-93-80(85)63-55-47-39-33-25-27-35-43-51-59-73(5)6)99-82(87)65-57-49-41-32-24-23-26-34-42-50-58-72(3)4/h72-78,83H,9-71H2,1-8H3,(H,88,89)(H,90,91)/t74?,75?,76-,77-,78-/m1/s1. The van der Waals surface area contributed by atoms with Crippen LogP contribution in [0.25, 0.3) is 0 Å². The van der Waals surface area contributed by atoms with Crippen molar-refractivity contribution < 1.29 is 80.2 Å². The smallest absolute Gasteiger partial charge is 0.462 e. The van der Waals surface area contributed by atoms with Crippen LogP contribution in [0.4, 0.5) is 0 Å². The van der Waals surface area contributed by atoms with Gasteiger partial charge in [-0.05, 0) is 49.4 Å². The second kappa shape index (κ2) is 71.0. The van der Waals surface area contributed by atoms with Crippen LogP contribution in [-0.2, 0) is 65.4 Å². The molecule has 3 N–H and O–H groups in total. The molecule has 0 aliphatic heterocycles. The van der Waals surface area contributed by atoms with Gasteiger partial charge in [-0.2, -0.15) is 0 Å². The summed E-state index contributed by atoms with van der Waals surface area (Å²) >= 11 is 0. The molecule has 0 heterocycles. The van der Waals surface area contributed by atoms with Crippen molar-refractivity contribution in [1.82, 2.24) is 0 Å². The summed E-state index contributed by atoms with van der Waals surface area (Å²) in [4.78, 5) is 73.1. The molecule has 0 aliphatic rings. The number of aliphatic hydroxyl groups is 1. The lowest BCUT2D eigenvalue weighted by atomic mass is 9.99. The van der Waals surface area contributed by atoms with Crippen LogP contribution >= 0.6 is 15.6 Å². The van der Waals surface area contributed by atoms with Gasteiger partial charge < -0.3 is 33.8 Å². The lowest BCUT2D eigenvalue weighted by molar-refractivity contribution is -0.161. The number of ether oxygens (including phenoxy) is 4. The monoisotopic (exact) mass is 1480 g/mol. The summed E-state index contributed by atoms with van der Waals surface area (Å²) in [5.74, 6) is 1.08. The second-order valence-corrected chi connectivity index (χ2v) is 33.9. The van der Waals surface area contributed by atoms with Crippen molar-refractivity contribution in [2.45, 2.75) is 440 Å². The highest BCUT2D eigenvalue weighted by Gasteiger charge is 2.30. The van der Waals surface area contributed by atoms with Gasteiger partial charge in [0.1, 0.15) is 19.3 Å². The first kappa shape index (κ1) is 99.1. The van der Waals surface area contributed by atoms with E-state index >= 15 is 0 Å². The Morgan fingerprint density at radius 3 is 0.703 bits per heavy atom. The Labute approximate surface area is 619 Å². The fourth-order valence-electron chi connectivity index (χ4n) is 12.5. The van der Waals surface area contributed by atoms with Crippen LogP contribution in [0.3, 0.4) is 0 Å². The van der Waals surface area contributed by atoms with E-state index in [9.17, 15) is 43.2 Å². The maximum atomic E-state index is 13.1. The van der Waals surface area contributed by atoms with E-state index in [0.29, 0.717) is 25.7 Å². The van der Waals surface area contributed by atoms with Gasteiger partial charge in [0.05, 0.1) is 26.4 Å². The Balaban J connectivity index is 5.27. The SMILES string of the molecule is CCC(C)CCCCCCCCCCCCCCCCC(=O)OC[C@H](COP(=O)(O)OC[C@@H](O)COP(=O)(O)OC[C@@H](COC(=O)CCCCCCCCCCCC(C)C)OC(=O)CCCCCCCCCCCCC(C)C)OC(=O)CCCCCCCCCCCCCCCCC(C)CC. The Morgan fingerprint density at radius 2 is 0.475 bits per heavy atom. The largest absolute Gasteiger partial charge is 0.472 e. The first-order chi connectivity index (χ1) is 48.7. The topological polar surface area (TPSA) is 237 Å². The number of esters is 4. The average molecular weight is 1480 g/mol. The number of aliphatic hydroxyl groups excluding tert-OH is 1. The maximum absolute atomic E-state index is 13.1. The van der Waals surface area contributed by atoms with Gasteiger partial charge >= 0.3 is 39.5 Å². The molecule has 17 nitrogen and oxygen atoms in total. The van der Waals surface area contributed by atoms with E-state index in [1.165, 1.54) is 225 Å². The number of carbonyl (C=O) groups is 4. The molecule has 0 radical (unpaired) electrons. The zero-order valence-electron chi connectivity index (χ0n) is 66.5. The molecule has 0 aliphatic carbocycles. The van der Waals surface area contributed by atoms with E-state index < -0.39 is 97.5 Å². The van der Waals surface area contributed by atoms with E-state index in [4.69, 9.17) is 37.0 Å². The lowest BCUT2D eigenvalue weighted by Crippen LogP contribution is -2.30. The van der Waals surface area contributed by atoms with Gasteiger partial charge in [-0.3, -0.25) is 37.3 Å². The highest BCUT2D eigenvalue weighted by atomic mass is 31.2. The number of carbonyl (C=O) groups excluding carboxylic acids is 4. The molecular weight excluding hydrogens is 1320 g/mol. The summed E-state index contributed by atoms with van der Waals surface area (Å²) in [5, 5.41) is 10.7. The first-order valence-corrected chi connectivity index (χ1v) is 45.3. The number of hydrogen-bond donors (Lipinski definition) is 3. The quantitative estimate of drug-likeness (QED) is 0.0222. The summed E-state index contributed by atoms with van der Waals surface area (Å²) in [7, 11) is -9.92. The van der Waals surface area contributed by atoms with Crippen LogP contribution in [0.1, 0.15) is 421 Å². The summed E-state index contributed by atoms with van der Waals surface area (Å²) in [6.07, 6.45) is 58.1. The number of phosphoric acid groups is 2. The average Bonchev–Trinajstić information content (AvgIpc) is 0.937. The van der Waals surface area contributed by atoms with Gasteiger partial charge in [-0.15, -0.1) is 0 Å². The Kier molecular flexibility index (Phi) is 69.6. The van der Waals surface area contributed by atoms with Crippen molar-refractivity contribution in [3.05, 3.63) is 0 Å². The third-order valence-corrected chi connectivity index (χ3v) is 21.7. The normalized spacial score (nSPS) is 14.5. The molecular formula is C82H160O17P2. The van der Waals surface area contributed by atoms with Crippen molar-refractivity contribution in [2.75, 3.05) is 39.6 Å². The van der Waals surface area contributed by atoms with Crippen LogP contribution in [-0.4, -0.2) is 96.7 Å². The van der Waals surface area contributed by atoms with Crippen LogP contribution < -0.4 is 0 Å². The third-order valence-electron chi connectivity index (χ3n) is 19.8. The Morgan fingerprint density at radius 1 is 0.277 bits per heavy atom. The van der Waals surface area contributed by atoms with Crippen molar-refractivity contribution >= 4 is 39.5 Å². The molecule has 600 valence electrons. The highest BCUT2D eigenvalue weighted by molar-refractivity contribution is 7.47. The number of rotatable bonds is 79. The summed E-state index contributed by atoms with van der Waals surface area (Å²) in [6, 6.07) is 0. The number of unbranched alkanes of at least 4 members (excludes halogenated alkanes) is 43. The number of hydrogen-bond acceptors (Lipinski definition) is 15. The van der Waals surface area contributed by atoms with Crippen LogP contribution in [0.2, 0.25) is 0 Å². The molecule has 0 saturated carbocycles. The molecule has 0 bridgehead atoms. The molecule has 0 amide bonds. The van der Waals surface area contributed by atoms with Gasteiger partial charge in [0.2, 0.25) is 0 Å². The molecule has 0 saturated heterocycles. The Hall–Kier alpha value is -1.94. The van der Waals surface area contributed by atoms with Crippen molar-refractivity contribution in [1.29, 1.82) is 0 Å². The molecule has 7 atom stereocenters. The van der Waals surface area contributed by atoms with E-state index in [-0.39, 0.29) is 25.7 Å². The van der Waals surface area contributed by atoms with Crippen LogP contribution in [0.5, 0.6) is 0 Å². The molecule has 0 fully saturated rings. The van der Waals surface area contributed by atoms with E-state index in [0.717, 1.165) is 114 Å². The summed E-state index contributed by atoms with van der Waals surface area (Å²) in [5.41, 5.74) is 0. The predicted molar refractivity (Wildman–Crippen MR) is 414 cm³/mol. The van der Waals surface area contributed by atoms with Crippen LogP contribution in [0.15, 0.2) is 0 Å². The van der Waals surface area contributed by atoms with E-state index in [2.05, 4.69) is 55.4 Å². The zero-order valence-corrected chi connectivity index (χ0v) is 68.3. The van der Waals surface area contributed by atoms with Gasteiger partial charge in [-0.1, -0.05) is 370 Å². The lowest BCUT2D eigenvalue weighted by Gasteiger charge is -2.21. The molecule has 0 spiro atoms. The molecule has 0 aromatic heterocycles. The second-order valence-electron chi connectivity index (χ2n) is 31.0. The minimum atomic E-state index is -4.96. The number of phosphoric ester groups is 2. The minimum absolute atomic E-state index is 0.105. The van der Waals surface area contributed by atoms with Gasteiger partial charge in [0.15, 0.2) is 12.2 Å². The van der Waals surface area contributed by atoms with Crippen molar-refractivity contribution in [3.8, 4) is 0 Å². The molecule has 19 heteroatoms. The first-order valence-electron chi connectivity index (χ1n) is 42.3. The zero-order chi connectivity index (χ0) is 74.6. The molecule has 0 aromatic carbocycles. The minimum Gasteiger partial charge on any atom is -0.462 e. The van der Waals surface area contributed by atoms with Gasteiger partial charge in [0, 0.05) is 25.7 Å². The summed E-state index contributed by atoms with van der Waals surface area (Å²) < 4.78 is 68.8. The fourth-order valence-corrected chi connectivity index (χ4v) is 14.1. The predicted octanol–water partition coefficient (Wildman–Crippen LogP) is 24.4. The van der Waals surface area contributed by atoms with Crippen molar-refractivity contribution in [2.24, 2.45) is 23.7 Å². The van der Waals surface area contributed by atoms with Gasteiger partial charge in [0.25, 0.3) is 0 Å². The fraction of sp³-hybridized carbons (Fsp3) is 0.951. The molecule has 0 rings (SSSR count). The maximum Gasteiger partial charge on any atom is 0.472 e. The van der Waals surface area contributed by atoms with Crippen molar-refractivity contribution in [3.63, 3.8) is 0 Å². The summed E-state index contributed by atoms with van der Waals surface area (Å²) in [6.45, 7) is 14.3. The van der Waals surface area contributed by atoms with E-state index in [1.54, 1.807) is 0 Å². The van der Waals surface area contributed by atoms with Crippen LogP contribution in [0, 0.1) is 23.7 Å². The molecule has 0 aromatic rings. The Bertz CT molecular complexity index is 1980. The van der Waals surface area contributed by atoms with Gasteiger partial charge in [-0.25, -0.2) is 9.13 Å².